The normalized spacial score (nSPS) is 16.2. The highest BCUT2D eigenvalue weighted by Crippen LogP contribution is 2.33. The number of aromatic nitrogens is 1. The third-order valence-electron chi connectivity index (χ3n) is 2.15. The summed E-state index contributed by atoms with van der Waals surface area (Å²) in [5, 5.41) is 0. The fraction of sp³-hybridized carbons (Fsp3) is 0.545. The highest BCUT2D eigenvalue weighted by atomic mass is 79.9. The van der Waals surface area contributed by atoms with Gasteiger partial charge in [0, 0.05) is 22.0 Å². The number of hydrogen-bond acceptors (Lipinski definition) is 3. The quantitative estimate of drug-likeness (QED) is 0.841. The van der Waals surface area contributed by atoms with E-state index in [1.54, 1.807) is 20.8 Å². The SMILES string of the molecule is CC(C)(C)[S@@+]([O-])N[C@H](c1ccc(Br)cn1)C(F)(F)F. The molecular weight excluding hydrogens is 345 g/mol. The molecule has 0 unspecified atom stereocenters. The van der Waals surface area contributed by atoms with Gasteiger partial charge in [0.1, 0.15) is 4.75 Å². The van der Waals surface area contributed by atoms with Crippen LogP contribution in [-0.2, 0) is 11.4 Å². The van der Waals surface area contributed by atoms with E-state index in [4.69, 9.17) is 0 Å². The summed E-state index contributed by atoms with van der Waals surface area (Å²) in [5.41, 5.74) is -0.215. The zero-order valence-electron chi connectivity index (χ0n) is 10.6. The maximum absolute atomic E-state index is 13.0. The first-order valence-electron chi connectivity index (χ1n) is 5.38. The van der Waals surface area contributed by atoms with Crippen LogP contribution in [0.15, 0.2) is 22.8 Å². The Morgan fingerprint density at radius 2 is 1.89 bits per heavy atom. The van der Waals surface area contributed by atoms with E-state index in [9.17, 15) is 17.7 Å². The van der Waals surface area contributed by atoms with Crippen molar-refractivity contribution >= 4 is 27.3 Å². The fourth-order valence-electron chi connectivity index (χ4n) is 1.14. The van der Waals surface area contributed by atoms with Crippen LogP contribution in [0.4, 0.5) is 13.2 Å². The van der Waals surface area contributed by atoms with Crippen molar-refractivity contribution in [2.24, 2.45) is 0 Å². The fourth-order valence-corrected chi connectivity index (χ4v) is 2.19. The summed E-state index contributed by atoms with van der Waals surface area (Å²) in [6.45, 7) is 4.79. The second kappa shape index (κ2) is 5.99. The van der Waals surface area contributed by atoms with Crippen molar-refractivity contribution < 1.29 is 17.7 Å². The van der Waals surface area contributed by atoms with Crippen LogP contribution < -0.4 is 4.72 Å². The molecule has 0 saturated heterocycles. The predicted molar refractivity (Wildman–Crippen MR) is 71.8 cm³/mol. The summed E-state index contributed by atoms with van der Waals surface area (Å²) >= 11 is 1.26. The molecule has 1 N–H and O–H groups in total. The third-order valence-corrected chi connectivity index (χ3v) is 4.19. The number of halogens is 4. The van der Waals surface area contributed by atoms with Crippen molar-refractivity contribution in [1.29, 1.82) is 0 Å². The molecule has 2 atom stereocenters. The minimum atomic E-state index is -4.57. The van der Waals surface area contributed by atoms with Crippen molar-refractivity contribution in [3.05, 3.63) is 28.5 Å². The lowest BCUT2D eigenvalue weighted by Crippen LogP contribution is -2.45. The van der Waals surface area contributed by atoms with Gasteiger partial charge in [-0.15, -0.1) is 4.72 Å². The lowest BCUT2D eigenvalue weighted by molar-refractivity contribution is -0.153. The molecule has 0 bridgehead atoms. The molecule has 1 aromatic heterocycles. The number of rotatable bonds is 3. The Balaban J connectivity index is 3.00. The first-order chi connectivity index (χ1) is 8.51. The summed E-state index contributed by atoms with van der Waals surface area (Å²) in [6, 6.07) is 0.651. The summed E-state index contributed by atoms with van der Waals surface area (Å²) < 4.78 is 52.7. The van der Waals surface area contributed by atoms with Crippen LogP contribution in [0, 0.1) is 0 Å². The van der Waals surface area contributed by atoms with Gasteiger partial charge in [-0.25, -0.2) is 0 Å². The van der Waals surface area contributed by atoms with E-state index in [0.717, 1.165) is 0 Å². The molecule has 19 heavy (non-hydrogen) atoms. The molecule has 0 aliphatic heterocycles. The van der Waals surface area contributed by atoms with E-state index in [1.807, 2.05) is 0 Å². The van der Waals surface area contributed by atoms with Gasteiger partial charge in [-0.05, 0) is 48.8 Å². The average Bonchev–Trinajstić information content (AvgIpc) is 2.24. The molecule has 3 nitrogen and oxygen atoms in total. The Labute approximate surface area is 121 Å². The highest BCUT2D eigenvalue weighted by Gasteiger charge is 2.46. The first kappa shape index (κ1) is 16.7. The van der Waals surface area contributed by atoms with Gasteiger partial charge < -0.3 is 4.55 Å². The van der Waals surface area contributed by atoms with Crippen molar-refractivity contribution in [2.45, 2.75) is 37.7 Å². The molecule has 1 aromatic rings. The largest absolute Gasteiger partial charge is 0.598 e. The lowest BCUT2D eigenvalue weighted by Gasteiger charge is -2.28. The van der Waals surface area contributed by atoms with Gasteiger partial charge in [0.05, 0.1) is 5.69 Å². The van der Waals surface area contributed by atoms with Crippen molar-refractivity contribution in [3.63, 3.8) is 0 Å². The smallest absolute Gasteiger partial charge is 0.413 e. The molecule has 0 aliphatic carbocycles. The summed E-state index contributed by atoms with van der Waals surface area (Å²) in [4.78, 5) is 3.72. The Kier molecular flexibility index (Phi) is 5.28. The second-order valence-corrected chi connectivity index (χ2v) is 7.79. The van der Waals surface area contributed by atoms with Crippen molar-refractivity contribution in [2.75, 3.05) is 0 Å². The molecule has 0 spiro atoms. The minimum absolute atomic E-state index is 0.215. The highest BCUT2D eigenvalue weighted by molar-refractivity contribution is 9.10. The Bertz CT molecular complexity index is 419. The first-order valence-corrected chi connectivity index (χ1v) is 7.32. The number of pyridine rings is 1. The Morgan fingerprint density at radius 3 is 2.26 bits per heavy atom. The Hall–Kier alpha value is -0.310. The maximum Gasteiger partial charge on any atom is 0.413 e. The van der Waals surface area contributed by atoms with Crippen LogP contribution in [0.2, 0.25) is 0 Å². The van der Waals surface area contributed by atoms with E-state index in [1.165, 1.54) is 18.3 Å². The summed E-state index contributed by atoms with van der Waals surface area (Å²) in [7, 11) is 0. The van der Waals surface area contributed by atoms with Crippen LogP contribution in [0.3, 0.4) is 0 Å². The molecule has 0 amide bonds. The van der Waals surface area contributed by atoms with Gasteiger partial charge in [0.25, 0.3) is 0 Å². The van der Waals surface area contributed by atoms with Crippen LogP contribution >= 0.6 is 15.9 Å². The maximum atomic E-state index is 13.0. The summed E-state index contributed by atoms with van der Waals surface area (Å²) in [6.07, 6.45) is -3.29. The number of nitrogens with one attached hydrogen (secondary N) is 1. The molecule has 108 valence electrons. The van der Waals surface area contributed by atoms with E-state index < -0.39 is 28.3 Å². The molecule has 1 heterocycles. The molecule has 0 saturated carbocycles. The lowest BCUT2D eigenvalue weighted by atomic mass is 10.2. The molecule has 0 aliphatic rings. The topological polar surface area (TPSA) is 48.0 Å². The number of hydrogen-bond donors (Lipinski definition) is 1. The van der Waals surface area contributed by atoms with Crippen LogP contribution in [-0.4, -0.2) is 20.5 Å². The molecule has 0 radical (unpaired) electrons. The molecule has 0 fully saturated rings. The van der Waals surface area contributed by atoms with E-state index in [2.05, 4.69) is 25.6 Å². The van der Waals surface area contributed by atoms with Crippen molar-refractivity contribution in [1.82, 2.24) is 9.71 Å². The zero-order chi connectivity index (χ0) is 14.8. The van der Waals surface area contributed by atoms with Gasteiger partial charge in [-0.3, -0.25) is 4.98 Å². The van der Waals surface area contributed by atoms with Crippen LogP contribution in [0.1, 0.15) is 32.5 Å². The predicted octanol–water partition coefficient (Wildman–Crippen LogP) is 3.50. The third kappa shape index (κ3) is 4.94. The Morgan fingerprint density at radius 1 is 1.32 bits per heavy atom. The number of alkyl halides is 3. The zero-order valence-corrected chi connectivity index (χ0v) is 13.0. The molecule has 1 rings (SSSR count). The van der Waals surface area contributed by atoms with E-state index in [0.29, 0.717) is 4.47 Å². The standard InChI is InChI=1S/C11H14BrF3N2OS/c1-10(2,3)19(18)17-9(11(13,14)15)8-5-4-7(12)6-16-8/h4-6,9,17H,1-3H3/t9-,19-/m1/s1. The van der Waals surface area contributed by atoms with Gasteiger partial charge in [0.2, 0.25) is 0 Å². The van der Waals surface area contributed by atoms with E-state index >= 15 is 0 Å². The van der Waals surface area contributed by atoms with Crippen LogP contribution in [0.25, 0.3) is 0 Å². The second-order valence-electron chi connectivity index (χ2n) is 4.87. The van der Waals surface area contributed by atoms with Crippen molar-refractivity contribution in [3.8, 4) is 0 Å². The van der Waals surface area contributed by atoms with Gasteiger partial charge >= 0.3 is 6.18 Å². The molecule has 0 aromatic carbocycles. The van der Waals surface area contributed by atoms with E-state index in [-0.39, 0.29) is 5.69 Å². The monoisotopic (exact) mass is 358 g/mol. The van der Waals surface area contributed by atoms with Gasteiger partial charge in [-0.2, -0.15) is 13.2 Å². The summed E-state index contributed by atoms with van der Waals surface area (Å²) in [5.74, 6) is 0. The van der Waals surface area contributed by atoms with Gasteiger partial charge in [-0.1, -0.05) is 0 Å². The number of nitrogens with zero attached hydrogens (tertiary/aromatic N) is 1. The average molecular weight is 359 g/mol. The van der Waals surface area contributed by atoms with Gasteiger partial charge in [0.15, 0.2) is 6.04 Å². The van der Waals surface area contributed by atoms with Crippen LogP contribution in [0.5, 0.6) is 0 Å². The minimum Gasteiger partial charge on any atom is -0.598 e. The molecular formula is C11H14BrF3N2OS. The molecule has 8 heteroatoms.